The number of aliphatic hydroxyl groups is 2. The maximum absolute atomic E-state index is 12.3. The highest BCUT2D eigenvalue weighted by Gasteiger charge is 2.67. The Hall–Kier alpha value is -3.94. The van der Waals surface area contributed by atoms with Crippen molar-refractivity contribution < 1.29 is 34.0 Å². The van der Waals surface area contributed by atoms with Gasteiger partial charge in [-0.25, -0.2) is 0 Å². The SMILES string of the molecule is CC1=CC2c3c(cc4oc5cc(C)cc(O)c5c4c3C)OC3(O)C(O)c4oc5cc(C)cc(O)c5c4C(C)(C1)C23. The number of hydrogen-bond acceptors (Lipinski definition) is 7. The van der Waals surface area contributed by atoms with E-state index in [1.54, 1.807) is 18.2 Å². The first kappa shape index (κ1) is 23.9. The number of aromatic hydroxyl groups is 2. The maximum atomic E-state index is 12.3. The van der Waals surface area contributed by atoms with Gasteiger partial charge in [-0.2, -0.15) is 0 Å². The number of ether oxygens (including phenoxy) is 1. The zero-order valence-corrected chi connectivity index (χ0v) is 22.9. The average Bonchev–Trinajstić information content (AvgIpc) is 3.41. The van der Waals surface area contributed by atoms with Gasteiger partial charge in [-0.05, 0) is 75.1 Å². The van der Waals surface area contributed by atoms with Crippen molar-refractivity contribution in [2.24, 2.45) is 5.92 Å². The molecule has 3 aromatic carbocycles. The molecule has 0 fully saturated rings. The van der Waals surface area contributed by atoms with Gasteiger partial charge < -0.3 is 34.0 Å². The Morgan fingerprint density at radius 3 is 2.15 bits per heavy atom. The molecule has 0 saturated heterocycles. The van der Waals surface area contributed by atoms with Crippen molar-refractivity contribution in [2.75, 3.05) is 0 Å². The second-order valence-corrected chi connectivity index (χ2v) is 12.4. The normalized spacial score (nSPS) is 28.8. The molecule has 0 bridgehead atoms. The first-order chi connectivity index (χ1) is 18.9. The molecule has 2 aliphatic carbocycles. The van der Waals surface area contributed by atoms with Crippen molar-refractivity contribution in [3.05, 3.63) is 75.6 Å². The summed E-state index contributed by atoms with van der Waals surface area (Å²) in [7, 11) is 0. The van der Waals surface area contributed by atoms with Crippen LogP contribution in [0.25, 0.3) is 32.9 Å². The fourth-order valence-electron chi connectivity index (χ4n) is 8.37. The van der Waals surface area contributed by atoms with Gasteiger partial charge in [0.15, 0.2) is 6.10 Å². The third-order valence-electron chi connectivity index (χ3n) is 9.61. The molecule has 0 spiro atoms. The number of phenolic OH excluding ortho intramolecular Hbond substituents is 2. The van der Waals surface area contributed by atoms with Gasteiger partial charge in [0.05, 0.1) is 10.8 Å². The number of aryl methyl sites for hydroxylation is 3. The van der Waals surface area contributed by atoms with Crippen LogP contribution in [0.15, 0.2) is 50.8 Å². The van der Waals surface area contributed by atoms with Gasteiger partial charge in [0.25, 0.3) is 0 Å². The number of furan rings is 2. The number of aliphatic hydroxyl groups excluding tert-OH is 1. The van der Waals surface area contributed by atoms with E-state index in [4.69, 9.17) is 13.6 Å². The molecule has 40 heavy (non-hydrogen) atoms. The molecule has 3 heterocycles. The molecule has 204 valence electrons. The van der Waals surface area contributed by atoms with E-state index in [0.29, 0.717) is 45.3 Å². The summed E-state index contributed by atoms with van der Waals surface area (Å²) >= 11 is 0. The summed E-state index contributed by atoms with van der Waals surface area (Å²) in [5.41, 5.74) is 6.17. The zero-order chi connectivity index (χ0) is 28.0. The van der Waals surface area contributed by atoms with E-state index in [1.807, 2.05) is 32.9 Å². The number of fused-ring (bicyclic) bond motifs is 9. The summed E-state index contributed by atoms with van der Waals surface area (Å²) in [6, 6.07) is 8.91. The maximum Gasteiger partial charge on any atom is 0.246 e. The summed E-state index contributed by atoms with van der Waals surface area (Å²) in [6.07, 6.45) is 1.26. The summed E-state index contributed by atoms with van der Waals surface area (Å²) < 4.78 is 18.8. The molecule has 5 unspecified atom stereocenters. The van der Waals surface area contributed by atoms with E-state index in [2.05, 4.69) is 19.9 Å². The smallest absolute Gasteiger partial charge is 0.246 e. The molecule has 2 aromatic heterocycles. The average molecular weight is 539 g/mol. The minimum absolute atomic E-state index is 0.0910. The lowest BCUT2D eigenvalue weighted by atomic mass is 9.51. The number of benzene rings is 3. The summed E-state index contributed by atoms with van der Waals surface area (Å²) in [4.78, 5) is 0. The van der Waals surface area contributed by atoms with Gasteiger partial charge >= 0.3 is 0 Å². The predicted octanol–water partition coefficient (Wildman–Crippen LogP) is 6.80. The fourth-order valence-corrected chi connectivity index (χ4v) is 8.37. The first-order valence-corrected chi connectivity index (χ1v) is 13.6. The van der Waals surface area contributed by atoms with Crippen molar-refractivity contribution in [1.82, 2.24) is 0 Å². The Morgan fingerprint density at radius 1 is 0.825 bits per heavy atom. The summed E-state index contributed by atoms with van der Waals surface area (Å²) in [5.74, 6) is -2.03. The van der Waals surface area contributed by atoms with E-state index in [0.717, 1.165) is 33.2 Å². The number of phenols is 2. The molecule has 3 aliphatic rings. The van der Waals surface area contributed by atoms with Crippen molar-refractivity contribution in [2.45, 2.75) is 64.3 Å². The molecule has 0 amide bonds. The highest BCUT2D eigenvalue weighted by atomic mass is 16.6. The topological polar surface area (TPSA) is 116 Å². The molecule has 7 nitrogen and oxygen atoms in total. The third-order valence-corrected chi connectivity index (χ3v) is 9.61. The van der Waals surface area contributed by atoms with E-state index >= 15 is 0 Å². The minimum Gasteiger partial charge on any atom is -0.507 e. The standard InChI is InChI=1S/C33H30O7/c1-13-7-18(34)26-20(9-13)38-22-11-23-24(16(4)25(22)26)17-6-15(3)12-32(5)28-27-19(35)8-14(2)10-21(27)39-29(28)31(36)33(37,40-23)30(17)32/h6-11,17,30-31,34-37H,12H2,1-5H3. The lowest BCUT2D eigenvalue weighted by molar-refractivity contribution is -0.276. The van der Waals surface area contributed by atoms with Crippen LogP contribution in [-0.2, 0) is 5.41 Å². The molecule has 1 aliphatic heterocycles. The Morgan fingerprint density at radius 2 is 1.45 bits per heavy atom. The van der Waals surface area contributed by atoms with E-state index in [9.17, 15) is 20.4 Å². The Bertz CT molecular complexity index is 1990. The second-order valence-electron chi connectivity index (χ2n) is 12.4. The van der Waals surface area contributed by atoms with Gasteiger partial charge in [-0.15, -0.1) is 0 Å². The van der Waals surface area contributed by atoms with E-state index in [-0.39, 0.29) is 23.2 Å². The van der Waals surface area contributed by atoms with Crippen molar-refractivity contribution in [3.63, 3.8) is 0 Å². The van der Waals surface area contributed by atoms with Crippen LogP contribution in [0.1, 0.15) is 65.9 Å². The molecule has 4 N–H and O–H groups in total. The summed E-state index contributed by atoms with van der Waals surface area (Å²) in [5, 5.41) is 48.1. The Kier molecular flexibility index (Phi) is 4.31. The number of rotatable bonds is 0. The minimum atomic E-state index is -2.00. The quantitative estimate of drug-likeness (QED) is 0.160. The van der Waals surface area contributed by atoms with Crippen LogP contribution in [0, 0.1) is 26.7 Å². The van der Waals surface area contributed by atoms with Crippen molar-refractivity contribution in [1.29, 1.82) is 0 Å². The van der Waals surface area contributed by atoms with Gasteiger partial charge in [-0.1, -0.05) is 18.6 Å². The molecule has 7 heteroatoms. The van der Waals surface area contributed by atoms with Crippen LogP contribution in [0.2, 0.25) is 0 Å². The predicted molar refractivity (Wildman–Crippen MR) is 150 cm³/mol. The molecule has 0 radical (unpaired) electrons. The van der Waals surface area contributed by atoms with Crippen molar-refractivity contribution >= 4 is 32.9 Å². The van der Waals surface area contributed by atoms with Crippen LogP contribution in [0.5, 0.6) is 17.2 Å². The molecule has 5 aromatic rings. The first-order valence-electron chi connectivity index (χ1n) is 13.6. The molecular weight excluding hydrogens is 508 g/mol. The Labute approximate surface area is 229 Å². The lowest BCUT2D eigenvalue weighted by Crippen LogP contribution is -2.63. The van der Waals surface area contributed by atoms with Gasteiger partial charge in [0.2, 0.25) is 5.79 Å². The molecule has 5 atom stereocenters. The van der Waals surface area contributed by atoms with Crippen LogP contribution in [0.3, 0.4) is 0 Å². The largest absolute Gasteiger partial charge is 0.507 e. The zero-order valence-electron chi connectivity index (χ0n) is 22.9. The molecule has 0 saturated carbocycles. The Balaban J connectivity index is 1.46. The highest BCUT2D eigenvalue weighted by molar-refractivity contribution is 6.11. The van der Waals surface area contributed by atoms with Gasteiger partial charge in [0, 0.05) is 39.8 Å². The van der Waals surface area contributed by atoms with Crippen LogP contribution < -0.4 is 4.74 Å². The van der Waals surface area contributed by atoms with Gasteiger partial charge in [-0.3, -0.25) is 0 Å². The third kappa shape index (κ3) is 2.67. The second kappa shape index (κ2) is 7.22. The van der Waals surface area contributed by atoms with Crippen molar-refractivity contribution in [3.8, 4) is 17.2 Å². The number of allylic oxidation sites excluding steroid dienone is 2. The molecule has 8 rings (SSSR count). The van der Waals surface area contributed by atoms with E-state index < -0.39 is 23.2 Å². The van der Waals surface area contributed by atoms with E-state index in [1.165, 1.54) is 0 Å². The van der Waals surface area contributed by atoms with Gasteiger partial charge in [0.1, 0.15) is 39.8 Å². The highest BCUT2D eigenvalue weighted by Crippen LogP contribution is 2.66. The van der Waals surface area contributed by atoms with Crippen LogP contribution in [-0.4, -0.2) is 26.2 Å². The number of hydrogen-bond donors (Lipinski definition) is 4. The lowest BCUT2D eigenvalue weighted by Gasteiger charge is -2.58. The molecular formula is C33H30O7. The monoisotopic (exact) mass is 538 g/mol. The van der Waals surface area contributed by atoms with Crippen LogP contribution in [0.4, 0.5) is 0 Å². The van der Waals surface area contributed by atoms with Crippen LogP contribution >= 0.6 is 0 Å². The summed E-state index contributed by atoms with van der Waals surface area (Å²) in [6.45, 7) is 9.90. The fraction of sp³-hybridized carbons (Fsp3) is 0.333.